The molecule has 0 saturated carbocycles. The quantitative estimate of drug-likeness (QED) is 0.914. The van der Waals surface area contributed by atoms with E-state index in [0.29, 0.717) is 10.9 Å². The summed E-state index contributed by atoms with van der Waals surface area (Å²) in [4.78, 5) is 18.7. The van der Waals surface area contributed by atoms with Gasteiger partial charge >= 0.3 is 5.97 Å². The number of piperidine rings is 1. The number of thiazole rings is 1. The first-order valence-corrected chi connectivity index (χ1v) is 7.86. The maximum atomic E-state index is 11.4. The van der Waals surface area contributed by atoms with Gasteiger partial charge in [0.2, 0.25) is 0 Å². The van der Waals surface area contributed by atoms with Crippen LogP contribution in [0.25, 0.3) is 0 Å². The van der Waals surface area contributed by atoms with E-state index in [0.717, 1.165) is 23.8 Å². The second-order valence-electron chi connectivity index (χ2n) is 5.36. The van der Waals surface area contributed by atoms with Gasteiger partial charge in [0, 0.05) is 12.6 Å². The SMILES string of the molecule is CCC(C)c1nc(N2CCCCC2C)sc1C(=O)O. The number of carboxylic acids is 1. The highest BCUT2D eigenvalue weighted by molar-refractivity contribution is 7.17. The lowest BCUT2D eigenvalue weighted by Gasteiger charge is -2.33. The maximum absolute atomic E-state index is 11.4. The molecule has 0 aromatic carbocycles. The summed E-state index contributed by atoms with van der Waals surface area (Å²) in [5, 5.41) is 10.2. The van der Waals surface area contributed by atoms with Crippen LogP contribution in [0.5, 0.6) is 0 Å². The molecule has 19 heavy (non-hydrogen) atoms. The molecular weight excluding hydrogens is 260 g/mol. The van der Waals surface area contributed by atoms with Gasteiger partial charge in [-0.3, -0.25) is 0 Å². The van der Waals surface area contributed by atoms with Crippen LogP contribution in [-0.2, 0) is 0 Å². The fraction of sp³-hybridized carbons (Fsp3) is 0.714. The van der Waals surface area contributed by atoms with Crippen molar-refractivity contribution in [3.63, 3.8) is 0 Å². The van der Waals surface area contributed by atoms with E-state index in [1.807, 2.05) is 6.92 Å². The van der Waals surface area contributed by atoms with Gasteiger partial charge in [0.15, 0.2) is 5.13 Å². The van der Waals surface area contributed by atoms with E-state index in [9.17, 15) is 9.90 Å². The van der Waals surface area contributed by atoms with Crippen LogP contribution in [-0.4, -0.2) is 28.6 Å². The molecule has 1 aromatic heterocycles. The molecule has 1 fully saturated rings. The highest BCUT2D eigenvalue weighted by Gasteiger charge is 2.26. The van der Waals surface area contributed by atoms with Crippen molar-refractivity contribution in [2.45, 2.75) is 58.4 Å². The van der Waals surface area contributed by atoms with Crippen molar-refractivity contribution in [3.8, 4) is 0 Å². The predicted molar refractivity (Wildman–Crippen MR) is 78.4 cm³/mol. The molecule has 5 heteroatoms. The first-order chi connectivity index (χ1) is 9.04. The van der Waals surface area contributed by atoms with Crippen molar-refractivity contribution < 1.29 is 9.90 Å². The molecule has 2 unspecified atom stereocenters. The second-order valence-corrected chi connectivity index (χ2v) is 6.34. The van der Waals surface area contributed by atoms with Gasteiger partial charge in [-0.25, -0.2) is 9.78 Å². The molecule has 2 rings (SSSR count). The van der Waals surface area contributed by atoms with Gasteiger partial charge in [-0.1, -0.05) is 25.2 Å². The number of carboxylic acid groups (broad SMARTS) is 1. The van der Waals surface area contributed by atoms with Crippen molar-refractivity contribution in [2.24, 2.45) is 0 Å². The summed E-state index contributed by atoms with van der Waals surface area (Å²) in [7, 11) is 0. The molecule has 0 amide bonds. The van der Waals surface area contributed by atoms with Crippen LogP contribution in [0, 0.1) is 0 Å². The Labute approximate surface area is 118 Å². The normalized spacial score (nSPS) is 21.4. The summed E-state index contributed by atoms with van der Waals surface area (Å²) in [5.74, 6) is -0.639. The third kappa shape index (κ3) is 2.91. The van der Waals surface area contributed by atoms with E-state index in [4.69, 9.17) is 0 Å². The van der Waals surface area contributed by atoms with Crippen molar-refractivity contribution >= 4 is 22.4 Å². The fourth-order valence-corrected chi connectivity index (χ4v) is 3.66. The Hall–Kier alpha value is -1.10. The lowest BCUT2D eigenvalue weighted by atomic mass is 10.0. The zero-order valence-electron chi connectivity index (χ0n) is 11.8. The fourth-order valence-electron chi connectivity index (χ4n) is 2.51. The number of aromatic nitrogens is 1. The minimum absolute atomic E-state index is 0.205. The van der Waals surface area contributed by atoms with Crippen LogP contribution in [0.2, 0.25) is 0 Å². The number of hydrogen-bond acceptors (Lipinski definition) is 4. The molecule has 106 valence electrons. The topological polar surface area (TPSA) is 53.4 Å². The van der Waals surface area contributed by atoms with Gasteiger partial charge in [-0.2, -0.15) is 0 Å². The van der Waals surface area contributed by atoms with Crippen molar-refractivity contribution in [3.05, 3.63) is 10.6 Å². The summed E-state index contributed by atoms with van der Waals surface area (Å²) < 4.78 is 0. The first kappa shape index (κ1) is 14.3. The molecule has 0 radical (unpaired) electrons. The largest absolute Gasteiger partial charge is 0.477 e. The molecule has 0 bridgehead atoms. The Morgan fingerprint density at radius 2 is 2.32 bits per heavy atom. The van der Waals surface area contributed by atoms with E-state index in [1.165, 1.54) is 30.6 Å². The van der Waals surface area contributed by atoms with Crippen LogP contribution in [0.15, 0.2) is 0 Å². The van der Waals surface area contributed by atoms with Crippen LogP contribution in [0.1, 0.15) is 67.7 Å². The van der Waals surface area contributed by atoms with Gasteiger partial charge in [0.1, 0.15) is 4.88 Å². The third-order valence-electron chi connectivity index (χ3n) is 3.96. The number of anilines is 1. The average Bonchev–Trinajstić information content (AvgIpc) is 2.83. The number of nitrogens with zero attached hydrogens (tertiary/aromatic N) is 2. The standard InChI is InChI=1S/C14H22N2O2S/c1-4-9(2)11-12(13(17)18)19-14(15-11)16-8-6-5-7-10(16)3/h9-10H,4-8H2,1-3H3,(H,17,18). The van der Waals surface area contributed by atoms with Gasteiger partial charge in [-0.15, -0.1) is 0 Å². The van der Waals surface area contributed by atoms with Crippen LogP contribution >= 0.6 is 11.3 Å². The highest BCUT2D eigenvalue weighted by atomic mass is 32.1. The average molecular weight is 282 g/mol. The van der Waals surface area contributed by atoms with E-state index in [2.05, 4.69) is 23.7 Å². The van der Waals surface area contributed by atoms with Crippen LogP contribution in [0.3, 0.4) is 0 Å². The van der Waals surface area contributed by atoms with Gasteiger partial charge < -0.3 is 10.0 Å². The molecule has 1 aliphatic heterocycles. The Kier molecular flexibility index (Phi) is 4.45. The summed E-state index contributed by atoms with van der Waals surface area (Å²) in [5.41, 5.74) is 0.757. The summed E-state index contributed by atoms with van der Waals surface area (Å²) in [6.45, 7) is 7.31. The summed E-state index contributed by atoms with van der Waals surface area (Å²) in [6.07, 6.45) is 4.51. The van der Waals surface area contributed by atoms with E-state index in [-0.39, 0.29) is 5.92 Å². The second kappa shape index (κ2) is 5.90. The maximum Gasteiger partial charge on any atom is 0.347 e. The number of rotatable bonds is 4. The molecule has 1 aromatic rings. The molecule has 1 N–H and O–H groups in total. The molecule has 1 aliphatic rings. The number of carbonyl (C=O) groups is 1. The Morgan fingerprint density at radius 3 is 2.89 bits per heavy atom. The number of aromatic carboxylic acids is 1. The first-order valence-electron chi connectivity index (χ1n) is 7.05. The monoisotopic (exact) mass is 282 g/mol. The van der Waals surface area contributed by atoms with Crippen molar-refractivity contribution in [2.75, 3.05) is 11.4 Å². The molecule has 0 aliphatic carbocycles. The van der Waals surface area contributed by atoms with Gasteiger partial charge in [0.05, 0.1) is 5.69 Å². The van der Waals surface area contributed by atoms with E-state index < -0.39 is 5.97 Å². The molecule has 2 atom stereocenters. The lowest BCUT2D eigenvalue weighted by molar-refractivity contribution is 0.0700. The van der Waals surface area contributed by atoms with Gasteiger partial charge in [0.25, 0.3) is 0 Å². The predicted octanol–water partition coefficient (Wildman–Crippen LogP) is 3.73. The van der Waals surface area contributed by atoms with E-state index in [1.54, 1.807) is 0 Å². The minimum Gasteiger partial charge on any atom is -0.477 e. The minimum atomic E-state index is -0.844. The Balaban J connectivity index is 2.33. The highest BCUT2D eigenvalue weighted by Crippen LogP contribution is 2.34. The smallest absolute Gasteiger partial charge is 0.347 e. The lowest BCUT2D eigenvalue weighted by Crippen LogP contribution is -2.37. The Bertz CT molecular complexity index is 458. The number of hydrogen-bond donors (Lipinski definition) is 1. The van der Waals surface area contributed by atoms with Crippen molar-refractivity contribution in [1.82, 2.24) is 4.98 Å². The molecule has 1 saturated heterocycles. The molecule has 4 nitrogen and oxygen atoms in total. The van der Waals surface area contributed by atoms with Crippen molar-refractivity contribution in [1.29, 1.82) is 0 Å². The van der Waals surface area contributed by atoms with E-state index >= 15 is 0 Å². The Morgan fingerprint density at radius 1 is 1.58 bits per heavy atom. The third-order valence-corrected chi connectivity index (χ3v) is 5.06. The zero-order valence-corrected chi connectivity index (χ0v) is 12.7. The zero-order chi connectivity index (χ0) is 14.0. The van der Waals surface area contributed by atoms with Gasteiger partial charge in [-0.05, 0) is 38.5 Å². The molecule has 2 heterocycles. The van der Waals surface area contributed by atoms with Crippen LogP contribution < -0.4 is 4.90 Å². The molecule has 0 spiro atoms. The molecular formula is C14H22N2O2S. The summed E-state index contributed by atoms with van der Waals surface area (Å²) >= 11 is 1.34. The summed E-state index contributed by atoms with van der Waals surface area (Å²) in [6, 6.07) is 0.464. The van der Waals surface area contributed by atoms with Crippen LogP contribution in [0.4, 0.5) is 5.13 Å².